The lowest BCUT2D eigenvalue weighted by Crippen LogP contribution is -2.36. The third kappa shape index (κ3) is 3.58. The number of hydrogen-bond acceptors (Lipinski definition) is 3. The number of amides is 1. The van der Waals surface area contributed by atoms with E-state index in [9.17, 15) is 9.90 Å². The third-order valence-corrected chi connectivity index (χ3v) is 3.88. The predicted molar refractivity (Wildman–Crippen MR) is 78.8 cm³/mol. The molecule has 3 N–H and O–H groups in total. The smallest absolute Gasteiger partial charge is 0.255 e. The van der Waals surface area contributed by atoms with Gasteiger partial charge < -0.3 is 15.7 Å². The SMILES string of the molecule is O=C(NCC1CCNCC1)c1cc(I)ccc1O. The summed E-state index contributed by atoms with van der Waals surface area (Å²) in [5, 5.41) is 15.9. The predicted octanol–water partition coefficient (Wildman–Crippen LogP) is 1.73. The van der Waals surface area contributed by atoms with Gasteiger partial charge in [0, 0.05) is 10.1 Å². The molecule has 5 heteroatoms. The van der Waals surface area contributed by atoms with Crippen molar-refractivity contribution in [2.45, 2.75) is 12.8 Å². The molecule has 0 unspecified atom stereocenters. The van der Waals surface area contributed by atoms with Crippen LogP contribution in [-0.4, -0.2) is 30.6 Å². The Labute approximate surface area is 120 Å². The molecule has 1 saturated heterocycles. The van der Waals surface area contributed by atoms with Gasteiger partial charge in [-0.25, -0.2) is 0 Å². The number of piperidine rings is 1. The van der Waals surface area contributed by atoms with Crippen molar-refractivity contribution >= 4 is 28.5 Å². The van der Waals surface area contributed by atoms with Gasteiger partial charge >= 0.3 is 0 Å². The van der Waals surface area contributed by atoms with Gasteiger partial charge in [0.2, 0.25) is 0 Å². The first-order chi connectivity index (χ1) is 8.66. The number of nitrogens with one attached hydrogen (secondary N) is 2. The molecule has 1 aromatic rings. The fourth-order valence-corrected chi connectivity index (χ4v) is 2.60. The number of aromatic hydroxyl groups is 1. The van der Waals surface area contributed by atoms with E-state index in [-0.39, 0.29) is 11.7 Å². The van der Waals surface area contributed by atoms with Gasteiger partial charge in [0.25, 0.3) is 5.91 Å². The molecule has 2 rings (SSSR count). The Morgan fingerprint density at radius 2 is 2.17 bits per heavy atom. The summed E-state index contributed by atoms with van der Waals surface area (Å²) in [6.45, 7) is 2.73. The van der Waals surface area contributed by atoms with Gasteiger partial charge in [-0.1, -0.05) is 0 Å². The molecule has 0 aliphatic carbocycles. The van der Waals surface area contributed by atoms with E-state index in [1.165, 1.54) is 0 Å². The highest BCUT2D eigenvalue weighted by molar-refractivity contribution is 14.1. The van der Waals surface area contributed by atoms with E-state index >= 15 is 0 Å². The molecular formula is C13H17IN2O2. The van der Waals surface area contributed by atoms with Crippen molar-refractivity contribution in [2.24, 2.45) is 5.92 Å². The van der Waals surface area contributed by atoms with Crippen LogP contribution in [0.15, 0.2) is 18.2 Å². The Kier molecular flexibility index (Phi) is 4.82. The normalized spacial score (nSPS) is 16.5. The van der Waals surface area contributed by atoms with E-state index in [0.29, 0.717) is 18.0 Å². The first-order valence-electron chi connectivity index (χ1n) is 6.14. The number of carbonyl (C=O) groups excluding carboxylic acids is 1. The summed E-state index contributed by atoms with van der Waals surface area (Å²) in [4.78, 5) is 12.0. The van der Waals surface area contributed by atoms with Gasteiger partial charge in [-0.2, -0.15) is 0 Å². The zero-order valence-corrected chi connectivity index (χ0v) is 12.2. The second-order valence-corrected chi connectivity index (χ2v) is 5.81. The molecule has 0 aromatic heterocycles. The van der Waals surface area contributed by atoms with Crippen LogP contribution in [0.2, 0.25) is 0 Å². The van der Waals surface area contributed by atoms with Gasteiger partial charge in [-0.15, -0.1) is 0 Å². The van der Waals surface area contributed by atoms with E-state index in [2.05, 4.69) is 33.2 Å². The third-order valence-electron chi connectivity index (χ3n) is 3.21. The second kappa shape index (κ2) is 6.38. The summed E-state index contributed by atoms with van der Waals surface area (Å²) in [5.41, 5.74) is 0.357. The lowest BCUT2D eigenvalue weighted by atomic mass is 9.98. The van der Waals surface area contributed by atoms with Crippen molar-refractivity contribution in [1.29, 1.82) is 0 Å². The minimum absolute atomic E-state index is 0.0400. The zero-order valence-electron chi connectivity index (χ0n) is 10.1. The second-order valence-electron chi connectivity index (χ2n) is 4.56. The van der Waals surface area contributed by atoms with Crippen LogP contribution >= 0.6 is 22.6 Å². The van der Waals surface area contributed by atoms with Crippen molar-refractivity contribution in [1.82, 2.24) is 10.6 Å². The van der Waals surface area contributed by atoms with E-state index in [1.54, 1.807) is 18.2 Å². The molecule has 1 amide bonds. The van der Waals surface area contributed by atoms with Gasteiger partial charge in [0.15, 0.2) is 0 Å². The molecule has 0 bridgehead atoms. The van der Waals surface area contributed by atoms with E-state index < -0.39 is 0 Å². The quantitative estimate of drug-likeness (QED) is 0.720. The monoisotopic (exact) mass is 360 g/mol. The van der Waals surface area contributed by atoms with Crippen LogP contribution in [0.25, 0.3) is 0 Å². The maximum absolute atomic E-state index is 12.0. The molecule has 1 aliphatic rings. The average molecular weight is 360 g/mol. The average Bonchev–Trinajstić information content (AvgIpc) is 2.40. The van der Waals surface area contributed by atoms with Gasteiger partial charge in [-0.3, -0.25) is 4.79 Å². The van der Waals surface area contributed by atoms with Crippen LogP contribution < -0.4 is 10.6 Å². The molecule has 0 atom stereocenters. The van der Waals surface area contributed by atoms with Crippen LogP contribution in [0.1, 0.15) is 23.2 Å². The van der Waals surface area contributed by atoms with Gasteiger partial charge in [0.1, 0.15) is 5.75 Å². The van der Waals surface area contributed by atoms with E-state index in [1.807, 2.05) is 0 Å². The fourth-order valence-electron chi connectivity index (χ4n) is 2.11. The summed E-state index contributed by atoms with van der Waals surface area (Å²) in [5.74, 6) is 0.392. The lowest BCUT2D eigenvalue weighted by Gasteiger charge is -2.22. The van der Waals surface area contributed by atoms with Crippen molar-refractivity contribution < 1.29 is 9.90 Å². The Balaban J connectivity index is 1.92. The first kappa shape index (κ1) is 13.6. The summed E-state index contributed by atoms with van der Waals surface area (Å²) in [6, 6.07) is 5.04. The minimum atomic E-state index is -0.190. The Morgan fingerprint density at radius 1 is 1.44 bits per heavy atom. The number of rotatable bonds is 3. The van der Waals surface area contributed by atoms with Crippen molar-refractivity contribution in [3.8, 4) is 5.75 Å². The molecule has 1 aromatic carbocycles. The number of phenolic OH excluding ortho intramolecular Hbond substituents is 1. The van der Waals surface area contributed by atoms with Crippen LogP contribution in [-0.2, 0) is 0 Å². The van der Waals surface area contributed by atoms with Crippen molar-refractivity contribution in [3.63, 3.8) is 0 Å². The highest BCUT2D eigenvalue weighted by atomic mass is 127. The molecule has 18 heavy (non-hydrogen) atoms. The maximum atomic E-state index is 12.0. The maximum Gasteiger partial charge on any atom is 0.255 e. The number of benzene rings is 1. The Morgan fingerprint density at radius 3 is 2.89 bits per heavy atom. The molecule has 0 radical (unpaired) electrons. The van der Waals surface area contributed by atoms with E-state index in [4.69, 9.17) is 0 Å². The molecule has 1 fully saturated rings. The molecule has 0 saturated carbocycles. The van der Waals surface area contributed by atoms with Crippen LogP contribution in [0.5, 0.6) is 5.75 Å². The van der Waals surface area contributed by atoms with Crippen LogP contribution in [0.3, 0.4) is 0 Å². The van der Waals surface area contributed by atoms with Crippen LogP contribution in [0, 0.1) is 9.49 Å². The summed E-state index contributed by atoms with van der Waals surface area (Å²) in [6.07, 6.45) is 2.19. The number of phenols is 1. The number of halogens is 1. The molecule has 98 valence electrons. The highest BCUT2D eigenvalue weighted by Gasteiger charge is 2.16. The summed E-state index contributed by atoms with van der Waals surface area (Å²) < 4.78 is 0.942. The fraction of sp³-hybridized carbons (Fsp3) is 0.462. The Bertz CT molecular complexity index is 431. The number of carbonyl (C=O) groups is 1. The molecule has 1 aliphatic heterocycles. The largest absolute Gasteiger partial charge is 0.507 e. The van der Waals surface area contributed by atoms with Gasteiger partial charge in [0.05, 0.1) is 5.56 Å². The summed E-state index contributed by atoms with van der Waals surface area (Å²) in [7, 11) is 0. The van der Waals surface area contributed by atoms with Gasteiger partial charge in [-0.05, 0) is 72.6 Å². The standard InChI is InChI=1S/C13H17IN2O2/c14-10-1-2-12(17)11(7-10)13(18)16-8-9-3-5-15-6-4-9/h1-2,7,9,15,17H,3-6,8H2,(H,16,18). The van der Waals surface area contributed by atoms with E-state index in [0.717, 1.165) is 29.5 Å². The lowest BCUT2D eigenvalue weighted by molar-refractivity contribution is 0.0941. The van der Waals surface area contributed by atoms with Crippen molar-refractivity contribution in [3.05, 3.63) is 27.3 Å². The topological polar surface area (TPSA) is 61.4 Å². The molecule has 0 spiro atoms. The highest BCUT2D eigenvalue weighted by Crippen LogP contribution is 2.19. The zero-order chi connectivity index (χ0) is 13.0. The molecule has 1 heterocycles. The minimum Gasteiger partial charge on any atom is -0.507 e. The summed E-state index contributed by atoms with van der Waals surface area (Å²) >= 11 is 2.13. The van der Waals surface area contributed by atoms with Crippen molar-refractivity contribution in [2.75, 3.05) is 19.6 Å². The molecule has 4 nitrogen and oxygen atoms in total. The Hall–Kier alpha value is -0.820. The molecular weight excluding hydrogens is 343 g/mol. The van der Waals surface area contributed by atoms with Crippen LogP contribution in [0.4, 0.5) is 0 Å². The first-order valence-corrected chi connectivity index (χ1v) is 7.22. The number of hydrogen-bond donors (Lipinski definition) is 3.